The third kappa shape index (κ3) is 3.99. The van der Waals surface area contributed by atoms with E-state index >= 15 is 0 Å². The zero-order valence-corrected chi connectivity index (χ0v) is 15.0. The maximum absolute atomic E-state index is 12.2. The molecule has 0 bridgehead atoms. The summed E-state index contributed by atoms with van der Waals surface area (Å²) in [4.78, 5) is 12.2. The molecule has 0 fully saturated rings. The lowest BCUT2D eigenvalue weighted by molar-refractivity contribution is 0.0950. The van der Waals surface area contributed by atoms with Gasteiger partial charge in [0.1, 0.15) is 5.75 Å². The number of nitrogens with one attached hydrogen (secondary N) is 1. The molecule has 3 nitrogen and oxygen atoms in total. The van der Waals surface area contributed by atoms with Gasteiger partial charge in [-0.05, 0) is 46.3 Å². The molecule has 0 atom stereocenters. The van der Waals surface area contributed by atoms with E-state index < -0.39 is 0 Å². The van der Waals surface area contributed by atoms with Crippen molar-refractivity contribution in [2.75, 3.05) is 7.11 Å². The number of halogens is 3. The predicted molar refractivity (Wildman–Crippen MR) is 91.0 cm³/mol. The minimum Gasteiger partial charge on any atom is -0.496 e. The molecule has 6 heteroatoms. The summed E-state index contributed by atoms with van der Waals surface area (Å²) in [6, 6.07) is 10.8. The predicted octanol–water partition coefficient (Wildman–Crippen LogP) is 4.80. The number of benzene rings is 2. The molecule has 0 aromatic heterocycles. The van der Waals surface area contributed by atoms with E-state index in [0.29, 0.717) is 22.9 Å². The highest BCUT2D eigenvalue weighted by Crippen LogP contribution is 2.26. The van der Waals surface area contributed by atoms with Crippen molar-refractivity contribution < 1.29 is 9.53 Å². The summed E-state index contributed by atoms with van der Waals surface area (Å²) in [5.74, 6) is 0.467. The van der Waals surface area contributed by atoms with Crippen LogP contribution in [0.5, 0.6) is 5.75 Å². The van der Waals surface area contributed by atoms with Crippen LogP contribution in [0.2, 0.25) is 5.02 Å². The fourth-order valence-corrected chi connectivity index (χ4v) is 3.30. The lowest BCUT2D eigenvalue weighted by atomic mass is 10.1. The number of ether oxygens (including phenoxy) is 1. The molecule has 1 N–H and O–H groups in total. The third-order valence-electron chi connectivity index (χ3n) is 2.90. The van der Waals surface area contributed by atoms with Gasteiger partial charge in [-0.25, -0.2) is 0 Å². The molecule has 1 amide bonds. The highest BCUT2D eigenvalue weighted by molar-refractivity contribution is 9.11. The largest absolute Gasteiger partial charge is 0.496 e. The van der Waals surface area contributed by atoms with E-state index in [2.05, 4.69) is 37.2 Å². The zero-order valence-electron chi connectivity index (χ0n) is 11.1. The van der Waals surface area contributed by atoms with Gasteiger partial charge in [0.05, 0.1) is 12.7 Å². The van der Waals surface area contributed by atoms with E-state index in [1.165, 1.54) is 0 Å². The molecule has 110 valence electrons. The minimum absolute atomic E-state index is 0.184. The first-order chi connectivity index (χ1) is 10.0. The van der Waals surface area contributed by atoms with Crippen LogP contribution in [0.3, 0.4) is 0 Å². The van der Waals surface area contributed by atoms with Crippen LogP contribution in [0.4, 0.5) is 0 Å². The first-order valence-electron chi connectivity index (χ1n) is 6.07. The summed E-state index contributed by atoms with van der Waals surface area (Å²) >= 11 is 12.9. The van der Waals surface area contributed by atoms with Gasteiger partial charge in [-0.3, -0.25) is 4.79 Å². The van der Waals surface area contributed by atoms with Crippen molar-refractivity contribution >= 4 is 49.4 Å². The lowest BCUT2D eigenvalue weighted by Gasteiger charge is -2.12. The molecule has 0 saturated heterocycles. The average molecular weight is 434 g/mol. The first kappa shape index (κ1) is 16.3. The third-order valence-corrected chi connectivity index (χ3v) is 4.40. The molecule has 2 aromatic rings. The SMILES string of the molecule is COc1cccc(Cl)c1CNC(=O)c1ccc(Br)cc1Br. The van der Waals surface area contributed by atoms with Crippen molar-refractivity contribution in [2.24, 2.45) is 0 Å². The van der Waals surface area contributed by atoms with E-state index in [9.17, 15) is 4.79 Å². The summed E-state index contributed by atoms with van der Waals surface area (Å²) in [5.41, 5.74) is 1.31. The summed E-state index contributed by atoms with van der Waals surface area (Å²) in [6.45, 7) is 0.296. The Morgan fingerprint density at radius 2 is 2.05 bits per heavy atom. The summed E-state index contributed by atoms with van der Waals surface area (Å²) in [5, 5.41) is 3.40. The topological polar surface area (TPSA) is 38.3 Å². The van der Waals surface area contributed by atoms with Crippen molar-refractivity contribution in [3.05, 3.63) is 61.5 Å². The monoisotopic (exact) mass is 431 g/mol. The smallest absolute Gasteiger partial charge is 0.252 e. The number of rotatable bonds is 4. The molecule has 0 heterocycles. The van der Waals surface area contributed by atoms with Gasteiger partial charge in [-0.15, -0.1) is 0 Å². The average Bonchev–Trinajstić information content (AvgIpc) is 2.45. The van der Waals surface area contributed by atoms with Crippen LogP contribution < -0.4 is 10.1 Å². The van der Waals surface area contributed by atoms with E-state index in [0.717, 1.165) is 14.5 Å². The van der Waals surface area contributed by atoms with E-state index in [1.807, 2.05) is 18.2 Å². The molecule has 0 aliphatic carbocycles. The number of hydrogen-bond acceptors (Lipinski definition) is 2. The Bertz CT molecular complexity index is 677. The molecule has 0 radical (unpaired) electrons. The fraction of sp³-hybridized carbons (Fsp3) is 0.133. The van der Waals surface area contributed by atoms with Crippen molar-refractivity contribution in [1.29, 1.82) is 0 Å². The van der Waals surface area contributed by atoms with E-state index in [4.69, 9.17) is 16.3 Å². The number of methoxy groups -OCH3 is 1. The van der Waals surface area contributed by atoms with Crippen molar-refractivity contribution in [2.45, 2.75) is 6.54 Å². The van der Waals surface area contributed by atoms with Gasteiger partial charge in [-0.1, -0.05) is 33.6 Å². The number of carbonyl (C=O) groups excluding carboxylic acids is 1. The second-order valence-corrected chi connectivity index (χ2v) is 6.40. The minimum atomic E-state index is -0.184. The summed E-state index contributed by atoms with van der Waals surface area (Å²) < 4.78 is 6.88. The Hall–Kier alpha value is -1.04. The molecule has 0 aliphatic heterocycles. The highest BCUT2D eigenvalue weighted by Gasteiger charge is 2.13. The molecule has 2 rings (SSSR count). The van der Waals surface area contributed by atoms with Crippen LogP contribution in [0.15, 0.2) is 45.3 Å². The Balaban J connectivity index is 2.15. The quantitative estimate of drug-likeness (QED) is 0.752. The molecule has 0 spiro atoms. The normalized spacial score (nSPS) is 10.3. The van der Waals surface area contributed by atoms with Crippen LogP contribution in [0, 0.1) is 0 Å². The van der Waals surface area contributed by atoms with Gasteiger partial charge in [0.2, 0.25) is 0 Å². The van der Waals surface area contributed by atoms with Crippen molar-refractivity contribution in [3.63, 3.8) is 0 Å². The first-order valence-corrected chi connectivity index (χ1v) is 8.04. The highest BCUT2D eigenvalue weighted by atomic mass is 79.9. The maximum Gasteiger partial charge on any atom is 0.252 e. The Morgan fingerprint density at radius 3 is 2.71 bits per heavy atom. The number of amides is 1. The van der Waals surface area contributed by atoms with Crippen LogP contribution in [0.1, 0.15) is 15.9 Å². The Kier molecular flexibility index (Phi) is 5.67. The molecular weight excluding hydrogens is 421 g/mol. The molecular formula is C15H12Br2ClNO2. The second-order valence-electron chi connectivity index (χ2n) is 4.23. The molecule has 0 saturated carbocycles. The summed E-state index contributed by atoms with van der Waals surface area (Å²) in [6.07, 6.45) is 0. The van der Waals surface area contributed by atoms with Gasteiger partial charge in [0.25, 0.3) is 5.91 Å². The second kappa shape index (κ2) is 7.29. The fourth-order valence-electron chi connectivity index (χ4n) is 1.84. The van der Waals surface area contributed by atoms with Gasteiger partial charge in [0.15, 0.2) is 0 Å². The Morgan fingerprint density at radius 1 is 1.29 bits per heavy atom. The zero-order chi connectivity index (χ0) is 15.4. The van der Waals surface area contributed by atoms with Crippen LogP contribution >= 0.6 is 43.5 Å². The van der Waals surface area contributed by atoms with Crippen LogP contribution in [-0.2, 0) is 6.54 Å². The van der Waals surface area contributed by atoms with Crippen molar-refractivity contribution in [1.82, 2.24) is 5.32 Å². The van der Waals surface area contributed by atoms with Gasteiger partial charge >= 0.3 is 0 Å². The lowest BCUT2D eigenvalue weighted by Crippen LogP contribution is -2.23. The van der Waals surface area contributed by atoms with E-state index in [-0.39, 0.29) is 5.91 Å². The molecule has 21 heavy (non-hydrogen) atoms. The molecule has 0 aliphatic rings. The molecule has 2 aromatic carbocycles. The van der Waals surface area contributed by atoms with Crippen molar-refractivity contribution in [3.8, 4) is 5.75 Å². The van der Waals surface area contributed by atoms with Crippen LogP contribution in [0.25, 0.3) is 0 Å². The van der Waals surface area contributed by atoms with E-state index in [1.54, 1.807) is 25.3 Å². The Labute approximate surface area is 144 Å². The standard InChI is InChI=1S/C15H12Br2ClNO2/c1-21-14-4-2-3-13(18)11(14)8-19-15(20)10-6-5-9(16)7-12(10)17/h2-7H,8H2,1H3,(H,19,20). The van der Waals surface area contributed by atoms with Crippen LogP contribution in [-0.4, -0.2) is 13.0 Å². The van der Waals surface area contributed by atoms with Gasteiger partial charge in [-0.2, -0.15) is 0 Å². The van der Waals surface area contributed by atoms with Gasteiger partial charge in [0, 0.05) is 26.1 Å². The number of carbonyl (C=O) groups is 1. The summed E-state index contributed by atoms with van der Waals surface area (Å²) in [7, 11) is 1.57. The number of hydrogen-bond donors (Lipinski definition) is 1. The molecule has 0 unspecified atom stereocenters. The maximum atomic E-state index is 12.2. The van der Waals surface area contributed by atoms with Gasteiger partial charge < -0.3 is 10.1 Å².